The SMILES string of the molecule is C[S@](=O)CCCNC(=O)[C@H](O)c1cc(Cl)cc(Cl)c1. The van der Waals surface area contributed by atoms with Crippen molar-refractivity contribution < 1.29 is 14.1 Å². The van der Waals surface area contributed by atoms with Crippen molar-refractivity contribution in [2.24, 2.45) is 0 Å². The van der Waals surface area contributed by atoms with Gasteiger partial charge in [0.05, 0.1) is 0 Å². The number of hydrogen-bond donors (Lipinski definition) is 2. The van der Waals surface area contributed by atoms with Gasteiger partial charge in [0.15, 0.2) is 6.10 Å². The van der Waals surface area contributed by atoms with Crippen LogP contribution in [0.4, 0.5) is 0 Å². The van der Waals surface area contributed by atoms with Crippen LogP contribution in [0.2, 0.25) is 10.0 Å². The monoisotopic (exact) mass is 323 g/mol. The van der Waals surface area contributed by atoms with Crippen molar-refractivity contribution in [3.63, 3.8) is 0 Å². The van der Waals surface area contributed by atoms with E-state index in [1.807, 2.05) is 0 Å². The molecule has 0 spiro atoms. The number of benzene rings is 1. The molecule has 0 saturated heterocycles. The predicted molar refractivity (Wildman–Crippen MR) is 78.0 cm³/mol. The van der Waals surface area contributed by atoms with Gasteiger partial charge in [0.2, 0.25) is 0 Å². The molecule has 2 atom stereocenters. The minimum absolute atomic E-state index is 0.342. The molecule has 0 fully saturated rings. The van der Waals surface area contributed by atoms with Gasteiger partial charge in [-0.25, -0.2) is 0 Å². The first-order chi connectivity index (χ1) is 8.90. The van der Waals surface area contributed by atoms with Crippen LogP contribution < -0.4 is 5.32 Å². The Morgan fingerprint density at radius 3 is 2.47 bits per heavy atom. The molecule has 0 aliphatic rings. The second-order valence-electron chi connectivity index (χ2n) is 4.03. The van der Waals surface area contributed by atoms with Crippen LogP contribution in [-0.4, -0.2) is 33.8 Å². The summed E-state index contributed by atoms with van der Waals surface area (Å²) in [5, 5.41) is 13.1. The Hall–Kier alpha value is -0.620. The van der Waals surface area contributed by atoms with Crippen LogP contribution in [0.25, 0.3) is 0 Å². The van der Waals surface area contributed by atoms with E-state index >= 15 is 0 Å². The highest BCUT2D eigenvalue weighted by Gasteiger charge is 2.17. The second kappa shape index (κ2) is 7.85. The zero-order valence-electron chi connectivity index (χ0n) is 10.4. The number of hydrogen-bond acceptors (Lipinski definition) is 3. The molecule has 0 saturated carbocycles. The molecule has 1 aromatic carbocycles. The molecular formula is C12H15Cl2NO3S. The molecule has 1 amide bonds. The van der Waals surface area contributed by atoms with Gasteiger partial charge in [0, 0.05) is 39.4 Å². The predicted octanol–water partition coefficient (Wildman–Crippen LogP) is 1.91. The smallest absolute Gasteiger partial charge is 0.253 e. The second-order valence-corrected chi connectivity index (χ2v) is 6.45. The van der Waals surface area contributed by atoms with Crippen LogP contribution >= 0.6 is 23.2 Å². The van der Waals surface area contributed by atoms with E-state index in [1.54, 1.807) is 6.26 Å². The molecule has 0 aliphatic carbocycles. The van der Waals surface area contributed by atoms with Gasteiger partial charge in [0.25, 0.3) is 5.91 Å². The highest BCUT2D eigenvalue weighted by Crippen LogP contribution is 2.23. The highest BCUT2D eigenvalue weighted by atomic mass is 35.5. The fraction of sp³-hybridized carbons (Fsp3) is 0.417. The topological polar surface area (TPSA) is 66.4 Å². The van der Waals surface area contributed by atoms with Crippen LogP contribution in [0.1, 0.15) is 18.1 Å². The molecule has 0 aliphatic heterocycles. The van der Waals surface area contributed by atoms with E-state index in [2.05, 4.69) is 5.32 Å². The van der Waals surface area contributed by atoms with E-state index < -0.39 is 22.8 Å². The van der Waals surface area contributed by atoms with Gasteiger partial charge in [0.1, 0.15) is 0 Å². The van der Waals surface area contributed by atoms with E-state index in [0.717, 1.165) is 0 Å². The van der Waals surface area contributed by atoms with Crippen molar-refractivity contribution in [2.75, 3.05) is 18.6 Å². The molecule has 106 valence electrons. The van der Waals surface area contributed by atoms with E-state index in [9.17, 15) is 14.1 Å². The van der Waals surface area contributed by atoms with Gasteiger partial charge in [-0.3, -0.25) is 9.00 Å². The molecule has 0 unspecified atom stereocenters. The molecule has 2 N–H and O–H groups in total. The Kier molecular flexibility index (Phi) is 6.79. The number of rotatable bonds is 6. The average Bonchev–Trinajstić information content (AvgIpc) is 2.32. The number of carbonyl (C=O) groups excluding carboxylic acids is 1. The molecule has 19 heavy (non-hydrogen) atoms. The first kappa shape index (κ1) is 16.4. The number of nitrogens with one attached hydrogen (secondary N) is 1. The normalized spacial score (nSPS) is 13.9. The molecule has 7 heteroatoms. The van der Waals surface area contributed by atoms with Crippen molar-refractivity contribution in [2.45, 2.75) is 12.5 Å². The number of aliphatic hydroxyl groups excluding tert-OH is 1. The Bertz CT molecular complexity index is 462. The number of halogens is 2. The van der Waals surface area contributed by atoms with Crippen LogP contribution in [0.15, 0.2) is 18.2 Å². The molecular weight excluding hydrogens is 309 g/mol. The Morgan fingerprint density at radius 2 is 1.95 bits per heavy atom. The lowest BCUT2D eigenvalue weighted by atomic mass is 10.1. The summed E-state index contributed by atoms with van der Waals surface area (Å²) in [6.45, 7) is 0.365. The standard InChI is InChI=1S/C12H15Cl2NO3S/c1-19(18)4-2-3-15-12(17)11(16)8-5-9(13)7-10(14)6-8/h5-7,11,16H,2-4H2,1H3,(H,15,17)/t11-,19+/m1/s1. The number of amides is 1. The first-order valence-corrected chi connectivity index (χ1v) is 8.10. The Labute approximate surface area is 124 Å². The maximum absolute atomic E-state index is 11.7. The zero-order chi connectivity index (χ0) is 14.4. The van der Waals surface area contributed by atoms with Gasteiger partial charge >= 0.3 is 0 Å². The molecule has 0 heterocycles. The lowest BCUT2D eigenvalue weighted by molar-refractivity contribution is -0.129. The van der Waals surface area contributed by atoms with Crippen molar-refractivity contribution in [1.82, 2.24) is 5.32 Å². The maximum atomic E-state index is 11.7. The number of aliphatic hydroxyl groups is 1. The highest BCUT2D eigenvalue weighted by molar-refractivity contribution is 7.84. The molecule has 0 bridgehead atoms. The summed E-state index contributed by atoms with van der Waals surface area (Å²) in [7, 11) is -0.882. The Balaban J connectivity index is 2.54. The summed E-state index contributed by atoms with van der Waals surface area (Å²) < 4.78 is 10.8. The van der Waals surface area contributed by atoms with E-state index in [1.165, 1.54) is 18.2 Å². The summed E-state index contributed by atoms with van der Waals surface area (Å²) in [6, 6.07) is 4.49. The van der Waals surface area contributed by atoms with Gasteiger partial charge in [-0.15, -0.1) is 0 Å². The van der Waals surface area contributed by atoms with Gasteiger partial charge in [-0.2, -0.15) is 0 Å². The minimum Gasteiger partial charge on any atom is -0.378 e. The minimum atomic E-state index is -1.32. The fourth-order valence-electron chi connectivity index (χ4n) is 1.47. The lowest BCUT2D eigenvalue weighted by Crippen LogP contribution is -2.30. The van der Waals surface area contributed by atoms with Crippen LogP contribution in [0, 0.1) is 0 Å². The van der Waals surface area contributed by atoms with Crippen LogP contribution in [0.3, 0.4) is 0 Å². The summed E-state index contributed by atoms with van der Waals surface area (Å²) in [5.74, 6) is -0.0143. The van der Waals surface area contributed by atoms with Crippen molar-refractivity contribution in [3.05, 3.63) is 33.8 Å². The van der Waals surface area contributed by atoms with E-state index in [-0.39, 0.29) is 0 Å². The first-order valence-electron chi connectivity index (χ1n) is 5.62. The third-order valence-electron chi connectivity index (χ3n) is 2.36. The van der Waals surface area contributed by atoms with Crippen LogP contribution in [0.5, 0.6) is 0 Å². The van der Waals surface area contributed by atoms with Crippen molar-refractivity contribution in [3.8, 4) is 0 Å². The number of carbonyl (C=O) groups is 1. The zero-order valence-corrected chi connectivity index (χ0v) is 12.7. The lowest BCUT2D eigenvalue weighted by Gasteiger charge is -2.12. The fourth-order valence-corrected chi connectivity index (χ4v) is 2.56. The van der Waals surface area contributed by atoms with Crippen molar-refractivity contribution >= 4 is 39.9 Å². The quantitative estimate of drug-likeness (QED) is 0.786. The average molecular weight is 324 g/mol. The largest absolute Gasteiger partial charge is 0.378 e. The summed E-state index contributed by atoms with van der Waals surface area (Å²) in [5.41, 5.74) is 0.342. The molecule has 0 radical (unpaired) electrons. The van der Waals surface area contributed by atoms with Crippen LogP contribution in [-0.2, 0) is 15.6 Å². The third-order valence-corrected chi connectivity index (χ3v) is 3.66. The summed E-state index contributed by atoms with van der Waals surface area (Å²) in [6.07, 6.45) is 0.881. The summed E-state index contributed by atoms with van der Waals surface area (Å²) in [4.78, 5) is 11.7. The third kappa shape index (κ3) is 5.91. The Morgan fingerprint density at radius 1 is 1.37 bits per heavy atom. The van der Waals surface area contributed by atoms with Crippen molar-refractivity contribution in [1.29, 1.82) is 0 Å². The maximum Gasteiger partial charge on any atom is 0.253 e. The van der Waals surface area contributed by atoms with Gasteiger partial charge < -0.3 is 10.4 Å². The van der Waals surface area contributed by atoms with E-state index in [4.69, 9.17) is 23.2 Å². The summed E-state index contributed by atoms with van der Waals surface area (Å²) >= 11 is 11.6. The molecule has 4 nitrogen and oxygen atoms in total. The van der Waals surface area contributed by atoms with Gasteiger partial charge in [-0.1, -0.05) is 23.2 Å². The van der Waals surface area contributed by atoms with E-state index in [0.29, 0.717) is 34.3 Å². The molecule has 1 aromatic rings. The molecule has 1 rings (SSSR count). The van der Waals surface area contributed by atoms with Gasteiger partial charge in [-0.05, 0) is 30.2 Å². The molecule has 0 aromatic heterocycles.